The van der Waals surface area contributed by atoms with Crippen molar-refractivity contribution in [2.75, 3.05) is 12.4 Å². The first kappa shape index (κ1) is 16.4. The fraction of sp³-hybridized carbons (Fsp3) is 0.429. The van der Waals surface area contributed by atoms with Crippen LogP contribution in [-0.4, -0.2) is 27.9 Å². The van der Waals surface area contributed by atoms with Crippen LogP contribution in [0.5, 0.6) is 0 Å². The predicted molar refractivity (Wildman–Crippen MR) is 87.6 cm³/mol. The molecule has 0 spiro atoms. The molecule has 114 valence electrons. The fourth-order valence-electron chi connectivity index (χ4n) is 2.27. The van der Waals surface area contributed by atoms with E-state index in [1.807, 2.05) is 18.4 Å². The number of carbonyl (C=O) groups excluding carboxylic acids is 1. The van der Waals surface area contributed by atoms with Crippen LogP contribution in [0.4, 0.5) is 0 Å². The fourth-order valence-corrected chi connectivity index (χ4v) is 2.76. The number of aryl methyl sites for hydroxylation is 1. The number of carbonyl (C=O) groups is 1. The first-order valence-corrected chi connectivity index (χ1v) is 7.98. The number of imidazole rings is 1. The number of fused-ring (bicyclic) bond motifs is 1. The number of aromatic nitrogens is 2. The molecule has 4 nitrogen and oxygen atoms in total. The molecule has 0 saturated heterocycles. The lowest BCUT2D eigenvalue weighted by Gasteiger charge is -2.17. The summed E-state index contributed by atoms with van der Waals surface area (Å²) in [5, 5.41) is 3.69. The summed E-state index contributed by atoms with van der Waals surface area (Å²) in [5.41, 5.74) is 1.49. The Hall–Kier alpha value is -0.970. The Morgan fingerprint density at radius 3 is 2.67 bits per heavy atom. The smallest absolute Gasteiger partial charge is 0.242 e. The van der Waals surface area contributed by atoms with Crippen LogP contribution in [0.3, 0.4) is 0 Å². The van der Waals surface area contributed by atoms with Gasteiger partial charge in [0.25, 0.3) is 0 Å². The van der Waals surface area contributed by atoms with Crippen molar-refractivity contribution >= 4 is 51.7 Å². The Kier molecular flexibility index (Phi) is 5.36. The van der Waals surface area contributed by atoms with Crippen molar-refractivity contribution in [3.63, 3.8) is 0 Å². The number of rotatable bonds is 5. The molecular weight excluding hydrogens is 333 g/mol. The van der Waals surface area contributed by atoms with Gasteiger partial charge in [-0.25, -0.2) is 4.98 Å². The summed E-state index contributed by atoms with van der Waals surface area (Å²) in [6, 6.07) is 3.04. The number of benzene rings is 1. The molecule has 7 heteroatoms. The number of likely N-dealkylation sites (N-methyl/N-ethyl adjacent to an activating group) is 1. The normalized spacial score (nSPS) is 12.6. The van der Waals surface area contributed by atoms with E-state index < -0.39 is 6.04 Å². The van der Waals surface area contributed by atoms with E-state index in [1.165, 1.54) is 0 Å². The number of hydrogen-bond donors (Lipinski definition) is 1. The molecule has 2 aromatic rings. The van der Waals surface area contributed by atoms with Crippen molar-refractivity contribution in [3.05, 3.63) is 28.0 Å². The highest BCUT2D eigenvalue weighted by Crippen LogP contribution is 2.30. The summed E-state index contributed by atoms with van der Waals surface area (Å²) in [4.78, 5) is 16.7. The SMILES string of the molecule is CCNC(=O)C(C)n1c(CCCl)nc2cc(Cl)c(Cl)cc21. The topological polar surface area (TPSA) is 46.9 Å². The maximum Gasteiger partial charge on any atom is 0.242 e. The van der Waals surface area contributed by atoms with E-state index in [4.69, 9.17) is 34.8 Å². The molecule has 2 rings (SSSR count). The summed E-state index contributed by atoms with van der Waals surface area (Å²) in [6.45, 7) is 4.28. The number of alkyl halides is 1. The number of halogens is 3. The third kappa shape index (κ3) is 3.28. The second-order valence-corrected chi connectivity index (χ2v) is 5.85. The second-order valence-electron chi connectivity index (χ2n) is 4.66. The van der Waals surface area contributed by atoms with Gasteiger partial charge in [-0.15, -0.1) is 11.6 Å². The third-order valence-corrected chi connectivity index (χ3v) is 4.15. The Labute approximate surface area is 138 Å². The van der Waals surface area contributed by atoms with Gasteiger partial charge < -0.3 is 9.88 Å². The highest BCUT2D eigenvalue weighted by molar-refractivity contribution is 6.42. The highest BCUT2D eigenvalue weighted by Gasteiger charge is 2.21. The number of hydrogen-bond acceptors (Lipinski definition) is 2. The number of amides is 1. The Morgan fingerprint density at radius 1 is 1.38 bits per heavy atom. The first-order valence-electron chi connectivity index (χ1n) is 6.69. The Bertz CT molecular complexity index is 669. The largest absolute Gasteiger partial charge is 0.355 e. The minimum absolute atomic E-state index is 0.0707. The zero-order valence-corrected chi connectivity index (χ0v) is 14.1. The Morgan fingerprint density at radius 2 is 2.05 bits per heavy atom. The van der Waals surface area contributed by atoms with Crippen molar-refractivity contribution in [2.45, 2.75) is 26.3 Å². The van der Waals surface area contributed by atoms with E-state index in [2.05, 4.69) is 10.3 Å². The van der Waals surface area contributed by atoms with E-state index in [0.29, 0.717) is 34.4 Å². The zero-order chi connectivity index (χ0) is 15.6. The van der Waals surface area contributed by atoms with Gasteiger partial charge in [-0.2, -0.15) is 0 Å². The summed E-state index contributed by atoms with van der Waals surface area (Å²) < 4.78 is 1.87. The van der Waals surface area contributed by atoms with Gasteiger partial charge in [0, 0.05) is 18.8 Å². The average Bonchev–Trinajstić information content (AvgIpc) is 2.76. The van der Waals surface area contributed by atoms with Crippen molar-refractivity contribution in [1.82, 2.24) is 14.9 Å². The summed E-state index contributed by atoms with van der Waals surface area (Å²) in [6.07, 6.45) is 0.565. The van der Waals surface area contributed by atoms with Gasteiger partial charge in [0.1, 0.15) is 11.9 Å². The monoisotopic (exact) mass is 347 g/mol. The van der Waals surface area contributed by atoms with Crippen molar-refractivity contribution in [1.29, 1.82) is 0 Å². The van der Waals surface area contributed by atoms with Gasteiger partial charge in [0.15, 0.2) is 0 Å². The van der Waals surface area contributed by atoms with Crippen molar-refractivity contribution in [2.24, 2.45) is 0 Å². The molecular formula is C14H16Cl3N3O. The molecule has 1 heterocycles. The van der Waals surface area contributed by atoms with Crippen LogP contribution in [0.1, 0.15) is 25.7 Å². The lowest BCUT2D eigenvalue weighted by atomic mass is 10.2. The standard InChI is InChI=1S/C14H16Cl3N3O/c1-3-18-14(21)8(2)20-12-7-10(17)9(16)6-11(12)19-13(20)4-5-15/h6-8H,3-5H2,1-2H3,(H,18,21). The molecule has 0 fully saturated rings. The summed E-state index contributed by atoms with van der Waals surface area (Å²) in [7, 11) is 0. The van der Waals surface area contributed by atoms with Crippen molar-refractivity contribution in [3.8, 4) is 0 Å². The molecule has 1 aromatic heterocycles. The molecule has 0 aliphatic heterocycles. The van der Waals surface area contributed by atoms with Crippen LogP contribution in [0, 0.1) is 0 Å². The number of nitrogens with one attached hydrogen (secondary N) is 1. The summed E-state index contributed by atoms with van der Waals surface area (Å²) >= 11 is 18.0. The average molecular weight is 349 g/mol. The highest BCUT2D eigenvalue weighted by atomic mass is 35.5. The van der Waals surface area contributed by atoms with Gasteiger partial charge in [0.2, 0.25) is 5.91 Å². The molecule has 0 saturated carbocycles. The molecule has 1 N–H and O–H groups in total. The van der Waals surface area contributed by atoms with Gasteiger partial charge in [-0.3, -0.25) is 4.79 Å². The minimum Gasteiger partial charge on any atom is -0.355 e. The van der Waals surface area contributed by atoms with Crippen LogP contribution in [0.2, 0.25) is 10.0 Å². The van der Waals surface area contributed by atoms with Gasteiger partial charge >= 0.3 is 0 Å². The molecule has 0 aliphatic rings. The number of nitrogens with zero attached hydrogens (tertiary/aromatic N) is 2. The third-order valence-electron chi connectivity index (χ3n) is 3.24. The van der Waals surface area contributed by atoms with Crippen LogP contribution in [0.25, 0.3) is 11.0 Å². The molecule has 0 radical (unpaired) electrons. The van der Waals surface area contributed by atoms with Crippen LogP contribution < -0.4 is 5.32 Å². The van der Waals surface area contributed by atoms with Gasteiger partial charge in [-0.05, 0) is 26.0 Å². The molecule has 0 aliphatic carbocycles. The van der Waals surface area contributed by atoms with E-state index in [1.54, 1.807) is 12.1 Å². The zero-order valence-electron chi connectivity index (χ0n) is 11.8. The lowest BCUT2D eigenvalue weighted by Crippen LogP contribution is -2.31. The molecule has 21 heavy (non-hydrogen) atoms. The molecule has 1 aromatic carbocycles. The molecule has 1 amide bonds. The van der Waals surface area contributed by atoms with Crippen LogP contribution >= 0.6 is 34.8 Å². The minimum atomic E-state index is -0.398. The quantitative estimate of drug-likeness (QED) is 0.835. The van der Waals surface area contributed by atoms with Gasteiger partial charge in [0.05, 0.1) is 21.1 Å². The van der Waals surface area contributed by atoms with E-state index >= 15 is 0 Å². The van der Waals surface area contributed by atoms with E-state index in [-0.39, 0.29) is 5.91 Å². The lowest BCUT2D eigenvalue weighted by molar-refractivity contribution is -0.123. The Balaban J connectivity index is 2.60. The maximum absolute atomic E-state index is 12.1. The molecule has 1 atom stereocenters. The van der Waals surface area contributed by atoms with E-state index in [0.717, 1.165) is 11.3 Å². The van der Waals surface area contributed by atoms with Crippen LogP contribution in [0.15, 0.2) is 12.1 Å². The van der Waals surface area contributed by atoms with Crippen molar-refractivity contribution < 1.29 is 4.79 Å². The predicted octanol–water partition coefficient (Wildman–Crippen LogP) is 3.82. The van der Waals surface area contributed by atoms with Crippen LogP contribution in [-0.2, 0) is 11.2 Å². The second kappa shape index (κ2) is 6.86. The molecule has 1 unspecified atom stereocenters. The van der Waals surface area contributed by atoms with E-state index in [9.17, 15) is 4.79 Å². The first-order chi connectivity index (χ1) is 9.99. The van der Waals surface area contributed by atoms with Gasteiger partial charge in [-0.1, -0.05) is 23.2 Å². The molecule has 0 bridgehead atoms. The maximum atomic E-state index is 12.1. The summed E-state index contributed by atoms with van der Waals surface area (Å²) in [5.74, 6) is 1.10.